The van der Waals surface area contributed by atoms with Gasteiger partial charge in [0.05, 0.1) is 0 Å². The molecule has 0 unspecified atom stereocenters. The third kappa shape index (κ3) is 3.51. The smallest absolute Gasteiger partial charge is 0.406 e. The highest BCUT2D eigenvalue weighted by atomic mass is 19.4. The maximum Gasteiger partial charge on any atom is 0.573 e. The Morgan fingerprint density at radius 2 is 1.85 bits per heavy atom. The normalized spacial score (nSPS) is 11.4. The van der Waals surface area contributed by atoms with Crippen LogP contribution in [0.4, 0.5) is 13.2 Å². The molecule has 2 nitrogen and oxygen atoms in total. The molecule has 5 heteroatoms. The summed E-state index contributed by atoms with van der Waals surface area (Å²) in [5.74, 6) is -0.225. The summed E-state index contributed by atoms with van der Waals surface area (Å²) >= 11 is 0. The minimum atomic E-state index is -4.68. The number of aryl methyl sites for hydroxylation is 1. The zero-order chi connectivity index (χ0) is 14.8. The zero-order valence-electron chi connectivity index (χ0n) is 10.9. The second-order valence-corrected chi connectivity index (χ2v) is 4.43. The van der Waals surface area contributed by atoms with E-state index in [0.717, 1.165) is 16.7 Å². The van der Waals surface area contributed by atoms with Gasteiger partial charge in [-0.05, 0) is 41.3 Å². The lowest BCUT2D eigenvalue weighted by atomic mass is 9.98. The van der Waals surface area contributed by atoms with Crippen LogP contribution in [0.25, 0.3) is 11.1 Å². The molecule has 106 valence electrons. The molecular weight excluding hydrogens is 267 g/mol. The Labute approximate surface area is 115 Å². The average molecular weight is 281 g/mol. The number of ether oxygens (including phenoxy) is 1. The number of alkyl halides is 3. The fourth-order valence-electron chi connectivity index (χ4n) is 2.04. The van der Waals surface area contributed by atoms with Gasteiger partial charge in [0.15, 0.2) is 0 Å². The number of hydrogen-bond donors (Lipinski definition) is 1. The molecule has 0 radical (unpaired) electrons. The lowest BCUT2D eigenvalue weighted by Gasteiger charge is -2.12. The minimum Gasteiger partial charge on any atom is -0.406 e. The Kier molecular flexibility index (Phi) is 3.99. The topological polar surface area (TPSA) is 35.2 Å². The highest BCUT2D eigenvalue weighted by Gasteiger charge is 2.31. The van der Waals surface area contributed by atoms with Gasteiger partial charge in [-0.15, -0.1) is 13.2 Å². The molecule has 2 aromatic rings. The van der Waals surface area contributed by atoms with Crippen molar-refractivity contribution in [3.8, 4) is 16.9 Å². The van der Waals surface area contributed by atoms with Crippen LogP contribution in [0, 0.1) is 6.92 Å². The van der Waals surface area contributed by atoms with Gasteiger partial charge >= 0.3 is 6.36 Å². The maximum atomic E-state index is 12.2. The molecule has 0 fully saturated rings. The molecule has 2 N–H and O–H groups in total. The van der Waals surface area contributed by atoms with Gasteiger partial charge in [0.25, 0.3) is 0 Å². The van der Waals surface area contributed by atoms with E-state index >= 15 is 0 Å². The SMILES string of the molecule is Cc1cc(CN)ccc1-c1cccc(OC(F)(F)F)c1. The van der Waals surface area contributed by atoms with Crippen LogP contribution in [0.15, 0.2) is 42.5 Å². The number of rotatable bonds is 3. The number of benzene rings is 2. The van der Waals surface area contributed by atoms with Crippen molar-refractivity contribution in [2.24, 2.45) is 5.73 Å². The molecule has 20 heavy (non-hydrogen) atoms. The molecule has 0 aliphatic rings. The third-order valence-corrected chi connectivity index (χ3v) is 2.91. The first-order chi connectivity index (χ1) is 9.39. The van der Waals surface area contributed by atoms with E-state index in [-0.39, 0.29) is 5.75 Å². The second-order valence-electron chi connectivity index (χ2n) is 4.43. The van der Waals surface area contributed by atoms with Gasteiger partial charge in [0.1, 0.15) is 5.75 Å². The van der Waals surface area contributed by atoms with Gasteiger partial charge in [-0.25, -0.2) is 0 Å². The molecule has 0 amide bonds. The van der Waals surface area contributed by atoms with Crippen molar-refractivity contribution in [2.45, 2.75) is 19.8 Å². The highest BCUT2D eigenvalue weighted by molar-refractivity contribution is 5.68. The van der Waals surface area contributed by atoms with Crippen LogP contribution in [0.1, 0.15) is 11.1 Å². The Hall–Kier alpha value is -2.01. The van der Waals surface area contributed by atoms with E-state index in [1.807, 2.05) is 25.1 Å². The van der Waals surface area contributed by atoms with Crippen molar-refractivity contribution < 1.29 is 17.9 Å². The monoisotopic (exact) mass is 281 g/mol. The lowest BCUT2D eigenvalue weighted by molar-refractivity contribution is -0.274. The van der Waals surface area contributed by atoms with Crippen LogP contribution < -0.4 is 10.5 Å². The summed E-state index contributed by atoms with van der Waals surface area (Å²) in [5, 5.41) is 0. The van der Waals surface area contributed by atoms with Crippen LogP contribution in [-0.4, -0.2) is 6.36 Å². The molecule has 0 aromatic heterocycles. The van der Waals surface area contributed by atoms with E-state index < -0.39 is 6.36 Å². The Morgan fingerprint density at radius 1 is 1.10 bits per heavy atom. The highest BCUT2D eigenvalue weighted by Crippen LogP contribution is 2.30. The van der Waals surface area contributed by atoms with Gasteiger partial charge < -0.3 is 10.5 Å². The van der Waals surface area contributed by atoms with Crippen molar-refractivity contribution in [1.82, 2.24) is 0 Å². The molecule has 0 heterocycles. The summed E-state index contributed by atoms with van der Waals surface area (Å²) in [5.41, 5.74) is 9.02. The predicted octanol–water partition coefficient (Wildman–Crippen LogP) is 4.02. The van der Waals surface area contributed by atoms with Crippen LogP contribution in [0.3, 0.4) is 0 Å². The number of hydrogen-bond acceptors (Lipinski definition) is 2. The summed E-state index contributed by atoms with van der Waals surface area (Å²) in [6, 6.07) is 11.6. The average Bonchev–Trinajstić information content (AvgIpc) is 2.36. The second kappa shape index (κ2) is 5.54. The summed E-state index contributed by atoms with van der Waals surface area (Å²) < 4.78 is 40.6. The van der Waals surface area contributed by atoms with Gasteiger partial charge in [0.2, 0.25) is 0 Å². The van der Waals surface area contributed by atoms with E-state index in [0.29, 0.717) is 12.1 Å². The molecular formula is C15H14F3NO. The molecule has 0 spiro atoms. The minimum absolute atomic E-state index is 0.225. The molecule has 0 atom stereocenters. The van der Waals surface area contributed by atoms with Crippen LogP contribution in [0.5, 0.6) is 5.75 Å². The molecule has 0 bridgehead atoms. The van der Waals surface area contributed by atoms with Gasteiger partial charge in [0, 0.05) is 6.54 Å². The first kappa shape index (κ1) is 14.4. The first-order valence-electron chi connectivity index (χ1n) is 6.05. The molecule has 0 saturated heterocycles. The molecule has 2 aromatic carbocycles. The Morgan fingerprint density at radius 3 is 2.45 bits per heavy atom. The molecule has 0 saturated carbocycles. The van der Waals surface area contributed by atoms with E-state index in [9.17, 15) is 13.2 Å². The van der Waals surface area contributed by atoms with Crippen molar-refractivity contribution in [1.29, 1.82) is 0 Å². The predicted molar refractivity (Wildman–Crippen MR) is 71.2 cm³/mol. The van der Waals surface area contributed by atoms with Gasteiger partial charge in [-0.1, -0.05) is 30.3 Å². The number of halogens is 3. The molecule has 0 aliphatic heterocycles. The fourth-order valence-corrected chi connectivity index (χ4v) is 2.04. The van der Waals surface area contributed by atoms with E-state index in [1.165, 1.54) is 18.2 Å². The van der Waals surface area contributed by atoms with Gasteiger partial charge in [-0.3, -0.25) is 0 Å². The quantitative estimate of drug-likeness (QED) is 0.922. The molecule has 2 rings (SSSR count). The van der Waals surface area contributed by atoms with Crippen molar-refractivity contribution >= 4 is 0 Å². The van der Waals surface area contributed by atoms with Gasteiger partial charge in [-0.2, -0.15) is 0 Å². The summed E-state index contributed by atoms with van der Waals surface area (Å²) in [7, 11) is 0. The fraction of sp³-hybridized carbons (Fsp3) is 0.200. The van der Waals surface area contributed by atoms with Crippen molar-refractivity contribution in [3.05, 3.63) is 53.6 Å². The van der Waals surface area contributed by atoms with Crippen LogP contribution in [0.2, 0.25) is 0 Å². The van der Waals surface area contributed by atoms with Crippen molar-refractivity contribution in [3.63, 3.8) is 0 Å². The Bertz CT molecular complexity index is 608. The summed E-state index contributed by atoms with van der Waals surface area (Å²) in [6.07, 6.45) is -4.68. The maximum absolute atomic E-state index is 12.2. The van der Waals surface area contributed by atoms with Crippen LogP contribution >= 0.6 is 0 Å². The lowest BCUT2D eigenvalue weighted by Crippen LogP contribution is -2.17. The van der Waals surface area contributed by atoms with E-state index in [4.69, 9.17) is 5.73 Å². The molecule has 0 aliphatic carbocycles. The standard InChI is InChI=1S/C15H14F3NO/c1-10-7-11(9-19)5-6-14(10)12-3-2-4-13(8-12)20-15(16,17)18/h2-8H,9,19H2,1H3. The first-order valence-corrected chi connectivity index (χ1v) is 6.05. The summed E-state index contributed by atoms with van der Waals surface area (Å²) in [6.45, 7) is 2.32. The van der Waals surface area contributed by atoms with Crippen molar-refractivity contribution in [2.75, 3.05) is 0 Å². The number of nitrogens with two attached hydrogens (primary N) is 1. The Balaban J connectivity index is 2.36. The van der Waals surface area contributed by atoms with E-state index in [1.54, 1.807) is 6.07 Å². The zero-order valence-corrected chi connectivity index (χ0v) is 10.9. The summed E-state index contributed by atoms with van der Waals surface area (Å²) in [4.78, 5) is 0. The van der Waals surface area contributed by atoms with Crippen LogP contribution in [-0.2, 0) is 6.54 Å². The van der Waals surface area contributed by atoms with E-state index in [2.05, 4.69) is 4.74 Å². The largest absolute Gasteiger partial charge is 0.573 e. The third-order valence-electron chi connectivity index (χ3n) is 2.91.